The average Bonchev–Trinajstić information content (AvgIpc) is 3.37. The van der Waals surface area contributed by atoms with E-state index in [0.29, 0.717) is 12.0 Å². The minimum atomic E-state index is 0.336. The first-order chi connectivity index (χ1) is 11.9. The van der Waals surface area contributed by atoms with Crippen molar-refractivity contribution in [3.05, 3.63) is 102 Å². The van der Waals surface area contributed by atoms with Gasteiger partial charge in [0.05, 0.1) is 18.9 Å². The third-order valence-electron chi connectivity index (χ3n) is 4.57. The summed E-state index contributed by atoms with van der Waals surface area (Å²) in [7, 11) is 1.69. The Kier molecular flexibility index (Phi) is 3.87. The fourth-order valence-electron chi connectivity index (χ4n) is 3.31. The Hall–Kier alpha value is -2.87. The van der Waals surface area contributed by atoms with Gasteiger partial charge in [0.2, 0.25) is 0 Å². The Balaban J connectivity index is 1.59. The Morgan fingerprint density at radius 1 is 0.792 bits per heavy atom. The van der Waals surface area contributed by atoms with Gasteiger partial charge >= 0.3 is 0 Å². The van der Waals surface area contributed by atoms with Crippen molar-refractivity contribution in [1.29, 1.82) is 0 Å². The van der Waals surface area contributed by atoms with Crippen LogP contribution in [0, 0.1) is 5.92 Å². The second kappa shape index (κ2) is 6.32. The Bertz CT molecular complexity index is 738. The molecule has 1 N–H and O–H groups in total. The number of benzene rings is 3. The van der Waals surface area contributed by atoms with Crippen LogP contribution in [0.4, 0.5) is 5.69 Å². The van der Waals surface area contributed by atoms with Crippen LogP contribution in [0.1, 0.15) is 17.0 Å². The van der Waals surface area contributed by atoms with Gasteiger partial charge in [0.15, 0.2) is 0 Å². The number of hydrogen-bond donors (Lipinski definition) is 1. The van der Waals surface area contributed by atoms with Crippen LogP contribution in [0.3, 0.4) is 0 Å². The third-order valence-corrected chi connectivity index (χ3v) is 4.57. The maximum absolute atomic E-state index is 5.24. The maximum Gasteiger partial charge on any atom is 0.135 e. The number of nitrogens with one attached hydrogen (secondary N) is 1. The van der Waals surface area contributed by atoms with E-state index in [4.69, 9.17) is 4.74 Å². The molecule has 3 aromatic carbocycles. The predicted molar refractivity (Wildman–Crippen MR) is 98.4 cm³/mol. The first-order valence-electron chi connectivity index (χ1n) is 8.24. The van der Waals surface area contributed by atoms with E-state index in [2.05, 4.69) is 78.1 Å². The van der Waals surface area contributed by atoms with Crippen molar-refractivity contribution < 1.29 is 4.74 Å². The third kappa shape index (κ3) is 2.83. The number of ether oxygens (including phenoxy) is 1. The van der Waals surface area contributed by atoms with Gasteiger partial charge in [-0.1, -0.05) is 30.3 Å². The summed E-state index contributed by atoms with van der Waals surface area (Å²) in [5.74, 6) is 2.76. The van der Waals surface area contributed by atoms with Crippen molar-refractivity contribution in [1.82, 2.24) is 0 Å². The topological polar surface area (TPSA) is 21.3 Å². The molecule has 24 heavy (non-hydrogen) atoms. The van der Waals surface area contributed by atoms with E-state index in [1.807, 2.05) is 12.1 Å². The van der Waals surface area contributed by atoms with Crippen molar-refractivity contribution in [2.24, 2.45) is 0 Å². The molecular weight excluding hydrogens is 294 g/mol. The van der Waals surface area contributed by atoms with Gasteiger partial charge in [-0.3, -0.25) is 0 Å². The molecule has 0 heterocycles. The van der Waals surface area contributed by atoms with Crippen molar-refractivity contribution in [2.45, 2.75) is 12.0 Å². The van der Waals surface area contributed by atoms with Crippen LogP contribution >= 0.6 is 0 Å². The first kappa shape index (κ1) is 14.7. The Labute approximate surface area is 143 Å². The monoisotopic (exact) mass is 314 g/mol. The van der Waals surface area contributed by atoms with E-state index >= 15 is 0 Å². The lowest BCUT2D eigenvalue weighted by molar-refractivity contribution is 0.415. The fraction of sp³-hybridized carbons (Fsp3) is 0.136. The molecule has 2 heteroatoms. The normalized spacial score (nSPS) is 19.0. The molecule has 2 atom stereocenters. The quantitative estimate of drug-likeness (QED) is 0.677. The van der Waals surface area contributed by atoms with Gasteiger partial charge in [0, 0.05) is 17.8 Å². The van der Waals surface area contributed by atoms with Crippen LogP contribution < -0.4 is 10.1 Å². The van der Waals surface area contributed by atoms with Crippen LogP contribution in [0.25, 0.3) is 0 Å². The molecule has 0 radical (unpaired) electrons. The summed E-state index contributed by atoms with van der Waals surface area (Å²) < 4.78 is 5.24. The highest BCUT2D eigenvalue weighted by Crippen LogP contribution is 2.55. The Morgan fingerprint density at radius 3 is 2.04 bits per heavy atom. The number of hydrogen-bond acceptors (Lipinski definition) is 2. The molecule has 4 rings (SSSR count). The molecular formula is C22H20NO+. The zero-order chi connectivity index (χ0) is 16.4. The highest BCUT2D eigenvalue weighted by atomic mass is 16.5. The molecule has 1 aliphatic rings. The molecule has 0 spiro atoms. The molecule has 0 bridgehead atoms. The van der Waals surface area contributed by atoms with Crippen molar-refractivity contribution in [3.63, 3.8) is 0 Å². The predicted octanol–water partition coefficient (Wildman–Crippen LogP) is 4.90. The molecule has 0 saturated heterocycles. The lowest BCUT2D eigenvalue weighted by Crippen LogP contribution is -2.05. The highest BCUT2D eigenvalue weighted by Gasteiger charge is 2.58. The van der Waals surface area contributed by atoms with Crippen molar-refractivity contribution in [2.75, 3.05) is 12.4 Å². The van der Waals surface area contributed by atoms with Crippen LogP contribution in [0.2, 0.25) is 0 Å². The number of anilines is 1. The van der Waals surface area contributed by atoms with Gasteiger partial charge in [-0.05, 0) is 48.0 Å². The average molecular weight is 314 g/mol. The molecule has 118 valence electrons. The van der Waals surface area contributed by atoms with E-state index in [1.165, 1.54) is 17.0 Å². The smallest absolute Gasteiger partial charge is 0.135 e. The molecule has 0 amide bonds. The highest BCUT2D eigenvalue weighted by molar-refractivity contribution is 5.62. The zero-order valence-electron chi connectivity index (χ0n) is 13.6. The summed E-state index contributed by atoms with van der Waals surface area (Å²) in [4.78, 5) is 0. The van der Waals surface area contributed by atoms with Gasteiger partial charge in [-0.25, -0.2) is 0 Å². The molecule has 1 saturated carbocycles. The van der Waals surface area contributed by atoms with E-state index in [0.717, 1.165) is 11.4 Å². The van der Waals surface area contributed by atoms with Gasteiger partial charge in [-0.2, -0.15) is 0 Å². The summed E-state index contributed by atoms with van der Waals surface area (Å²) >= 11 is 0. The van der Waals surface area contributed by atoms with Gasteiger partial charge < -0.3 is 10.1 Å². The molecule has 1 fully saturated rings. The van der Waals surface area contributed by atoms with Crippen molar-refractivity contribution in [3.8, 4) is 5.75 Å². The molecule has 2 nitrogen and oxygen atoms in total. The van der Waals surface area contributed by atoms with Crippen LogP contribution in [0.5, 0.6) is 5.75 Å². The summed E-state index contributed by atoms with van der Waals surface area (Å²) in [6.45, 7) is 0. The summed E-state index contributed by atoms with van der Waals surface area (Å²) in [5, 5.41) is 3.67. The van der Waals surface area contributed by atoms with E-state index < -0.39 is 0 Å². The van der Waals surface area contributed by atoms with Gasteiger partial charge in [0.25, 0.3) is 0 Å². The van der Waals surface area contributed by atoms with Crippen LogP contribution in [0.15, 0.2) is 84.9 Å². The van der Waals surface area contributed by atoms with E-state index in [-0.39, 0.29) is 0 Å². The summed E-state index contributed by atoms with van der Waals surface area (Å²) in [6, 6.07) is 29.8. The largest absolute Gasteiger partial charge is 0.497 e. The first-order valence-corrected chi connectivity index (χ1v) is 8.24. The second-order valence-corrected chi connectivity index (χ2v) is 6.06. The number of rotatable bonds is 5. The van der Waals surface area contributed by atoms with E-state index in [1.54, 1.807) is 7.11 Å². The molecule has 1 aliphatic carbocycles. The fourth-order valence-corrected chi connectivity index (χ4v) is 3.31. The zero-order valence-corrected chi connectivity index (χ0v) is 13.6. The molecule has 0 aromatic heterocycles. The van der Waals surface area contributed by atoms with Crippen LogP contribution in [-0.2, 0) is 0 Å². The lowest BCUT2D eigenvalue weighted by Gasteiger charge is -2.05. The van der Waals surface area contributed by atoms with Crippen molar-refractivity contribution >= 4 is 5.69 Å². The van der Waals surface area contributed by atoms with Crippen LogP contribution in [-0.4, -0.2) is 13.2 Å². The minimum Gasteiger partial charge on any atom is -0.497 e. The maximum atomic E-state index is 5.24. The summed E-state index contributed by atoms with van der Waals surface area (Å²) in [6.07, 6.45) is 0. The number of methoxy groups -OCH3 is 1. The minimum absolute atomic E-state index is 0.336. The summed E-state index contributed by atoms with van der Waals surface area (Å²) in [5.41, 5.74) is 3.80. The lowest BCUT2D eigenvalue weighted by atomic mass is 10.0. The van der Waals surface area contributed by atoms with Gasteiger partial charge in [-0.15, -0.1) is 0 Å². The Morgan fingerprint density at radius 2 is 1.42 bits per heavy atom. The van der Waals surface area contributed by atoms with Gasteiger partial charge in [0.1, 0.15) is 17.4 Å². The standard InChI is InChI=1S/C22H20NO/c1-24-19-14-12-18(13-15-19)23-22-20(16-8-4-2-5-9-16)21(22)17-10-6-3-7-11-17/h2-15,20,22-23H,1H3/q+1. The molecule has 3 aromatic rings. The molecule has 2 unspecified atom stereocenters. The SMILES string of the molecule is COc1ccc(NC2[C+](c3ccccc3)C2c2ccccc2)cc1. The second-order valence-electron chi connectivity index (χ2n) is 6.06. The molecule has 0 aliphatic heterocycles. The van der Waals surface area contributed by atoms with E-state index in [9.17, 15) is 0 Å².